The molecule has 0 radical (unpaired) electrons. The number of rotatable bonds is 3. The van der Waals surface area contributed by atoms with Crippen LogP contribution in [0, 0.1) is 0 Å². The van der Waals surface area contributed by atoms with E-state index < -0.39 is 0 Å². The standard InChI is InChI=1S/C16H22N2/c1-3-12-6-7-16-15(9-12)13(11-17-16)10-14-5-4-8-18(14)2/h6-7,9,11,14,17H,3-5,8,10H2,1-2H3. The molecule has 1 atom stereocenters. The number of nitrogens with one attached hydrogen (secondary N) is 1. The molecule has 1 aliphatic rings. The van der Waals surface area contributed by atoms with E-state index in [1.54, 1.807) is 0 Å². The zero-order chi connectivity index (χ0) is 12.5. The van der Waals surface area contributed by atoms with Crippen LogP contribution < -0.4 is 0 Å². The molecule has 2 heteroatoms. The summed E-state index contributed by atoms with van der Waals surface area (Å²) in [6.45, 7) is 3.48. The van der Waals surface area contributed by atoms with Gasteiger partial charge in [-0.2, -0.15) is 0 Å². The number of hydrogen-bond acceptors (Lipinski definition) is 1. The van der Waals surface area contributed by atoms with Gasteiger partial charge in [-0.15, -0.1) is 0 Å². The molecule has 2 heterocycles. The fraction of sp³-hybridized carbons (Fsp3) is 0.500. The number of fused-ring (bicyclic) bond motifs is 1. The summed E-state index contributed by atoms with van der Waals surface area (Å²) < 4.78 is 0. The first-order valence-electron chi connectivity index (χ1n) is 7.07. The molecule has 3 rings (SSSR count). The lowest BCUT2D eigenvalue weighted by molar-refractivity contribution is 0.310. The Balaban J connectivity index is 1.91. The van der Waals surface area contributed by atoms with Crippen molar-refractivity contribution in [3.05, 3.63) is 35.5 Å². The second kappa shape index (κ2) is 4.77. The number of likely N-dealkylation sites (N-methyl/N-ethyl adjacent to an activating group) is 1. The molecule has 1 aromatic carbocycles. The number of aromatic amines is 1. The van der Waals surface area contributed by atoms with Gasteiger partial charge < -0.3 is 9.88 Å². The van der Waals surface area contributed by atoms with E-state index in [2.05, 4.69) is 48.3 Å². The normalized spacial score (nSPS) is 20.9. The van der Waals surface area contributed by atoms with E-state index in [1.165, 1.54) is 47.8 Å². The van der Waals surface area contributed by atoms with Crippen molar-refractivity contribution < 1.29 is 0 Å². The fourth-order valence-electron chi connectivity index (χ4n) is 3.11. The number of likely N-dealkylation sites (tertiary alicyclic amines) is 1. The average Bonchev–Trinajstić information content (AvgIpc) is 2.97. The van der Waals surface area contributed by atoms with E-state index in [0.29, 0.717) is 0 Å². The molecule has 2 nitrogen and oxygen atoms in total. The molecule has 1 unspecified atom stereocenters. The minimum Gasteiger partial charge on any atom is -0.361 e. The third-order valence-electron chi connectivity index (χ3n) is 4.37. The molecule has 2 aromatic rings. The van der Waals surface area contributed by atoms with Crippen molar-refractivity contribution in [2.75, 3.05) is 13.6 Å². The molecule has 0 aliphatic carbocycles. The highest BCUT2D eigenvalue weighted by Gasteiger charge is 2.21. The van der Waals surface area contributed by atoms with E-state index >= 15 is 0 Å². The Kier molecular flexibility index (Phi) is 3.13. The van der Waals surface area contributed by atoms with Crippen LogP contribution >= 0.6 is 0 Å². The molecule has 1 saturated heterocycles. The van der Waals surface area contributed by atoms with Crippen LogP contribution in [0.2, 0.25) is 0 Å². The van der Waals surface area contributed by atoms with Gasteiger partial charge in [0.05, 0.1) is 0 Å². The van der Waals surface area contributed by atoms with E-state index in [1.807, 2.05) is 0 Å². The maximum absolute atomic E-state index is 3.41. The lowest BCUT2D eigenvalue weighted by Crippen LogP contribution is -2.26. The van der Waals surface area contributed by atoms with Crippen LogP contribution in [0.3, 0.4) is 0 Å². The lowest BCUT2D eigenvalue weighted by atomic mass is 10.0. The Morgan fingerprint density at radius 1 is 1.39 bits per heavy atom. The number of aromatic nitrogens is 1. The van der Waals surface area contributed by atoms with Crippen LogP contribution in [-0.2, 0) is 12.8 Å². The van der Waals surface area contributed by atoms with Gasteiger partial charge in [0.15, 0.2) is 0 Å². The van der Waals surface area contributed by atoms with Crippen molar-refractivity contribution in [2.45, 2.75) is 38.6 Å². The molecular formula is C16H22N2. The highest BCUT2D eigenvalue weighted by molar-refractivity contribution is 5.84. The van der Waals surface area contributed by atoms with Gasteiger partial charge in [-0.3, -0.25) is 0 Å². The predicted octanol–water partition coefficient (Wildman–Crippen LogP) is 3.37. The summed E-state index contributed by atoms with van der Waals surface area (Å²) in [6.07, 6.45) is 7.20. The van der Waals surface area contributed by atoms with E-state index in [0.717, 1.165) is 12.5 Å². The Bertz CT molecular complexity index is 541. The zero-order valence-electron chi connectivity index (χ0n) is 11.4. The van der Waals surface area contributed by atoms with E-state index in [4.69, 9.17) is 0 Å². The van der Waals surface area contributed by atoms with Gasteiger partial charge in [0.2, 0.25) is 0 Å². The molecule has 1 aromatic heterocycles. The van der Waals surface area contributed by atoms with Crippen LogP contribution in [-0.4, -0.2) is 29.5 Å². The molecule has 0 bridgehead atoms. The first kappa shape index (κ1) is 11.8. The lowest BCUT2D eigenvalue weighted by Gasteiger charge is -2.18. The van der Waals surface area contributed by atoms with E-state index in [-0.39, 0.29) is 0 Å². The molecule has 18 heavy (non-hydrogen) atoms. The summed E-state index contributed by atoms with van der Waals surface area (Å²) in [6, 6.07) is 7.53. The third kappa shape index (κ3) is 2.05. The Hall–Kier alpha value is -1.28. The van der Waals surface area contributed by atoms with Gasteiger partial charge in [0, 0.05) is 23.1 Å². The summed E-state index contributed by atoms with van der Waals surface area (Å²) in [5, 5.41) is 1.43. The van der Waals surface area contributed by atoms with E-state index in [9.17, 15) is 0 Å². The summed E-state index contributed by atoms with van der Waals surface area (Å²) in [7, 11) is 2.25. The van der Waals surface area contributed by atoms with Gasteiger partial charge in [-0.25, -0.2) is 0 Å². The van der Waals surface area contributed by atoms with Crippen LogP contribution in [0.1, 0.15) is 30.9 Å². The summed E-state index contributed by atoms with van der Waals surface area (Å²) in [5.41, 5.74) is 4.20. The zero-order valence-corrected chi connectivity index (χ0v) is 11.4. The average molecular weight is 242 g/mol. The molecule has 0 amide bonds. The summed E-state index contributed by atoms with van der Waals surface area (Å²) in [4.78, 5) is 5.91. The smallest absolute Gasteiger partial charge is 0.0456 e. The summed E-state index contributed by atoms with van der Waals surface area (Å²) >= 11 is 0. The highest BCUT2D eigenvalue weighted by atomic mass is 15.1. The molecule has 0 spiro atoms. The first-order chi connectivity index (χ1) is 8.78. The fourth-order valence-corrected chi connectivity index (χ4v) is 3.11. The quantitative estimate of drug-likeness (QED) is 0.874. The molecular weight excluding hydrogens is 220 g/mol. The minimum atomic E-state index is 0.731. The number of hydrogen-bond donors (Lipinski definition) is 1. The molecule has 96 valence electrons. The first-order valence-corrected chi connectivity index (χ1v) is 7.07. The van der Waals surface area contributed by atoms with Gasteiger partial charge in [-0.05, 0) is 62.5 Å². The van der Waals surface area contributed by atoms with Crippen molar-refractivity contribution in [2.24, 2.45) is 0 Å². The largest absolute Gasteiger partial charge is 0.361 e. The van der Waals surface area contributed by atoms with Gasteiger partial charge in [-0.1, -0.05) is 13.0 Å². The monoisotopic (exact) mass is 242 g/mol. The predicted molar refractivity (Wildman–Crippen MR) is 77.0 cm³/mol. The minimum absolute atomic E-state index is 0.731. The highest BCUT2D eigenvalue weighted by Crippen LogP contribution is 2.25. The van der Waals surface area contributed by atoms with Crippen LogP contribution in [0.25, 0.3) is 10.9 Å². The van der Waals surface area contributed by atoms with Crippen molar-refractivity contribution in [3.63, 3.8) is 0 Å². The van der Waals surface area contributed by atoms with Gasteiger partial charge >= 0.3 is 0 Å². The molecule has 1 aliphatic heterocycles. The van der Waals surface area contributed by atoms with Crippen molar-refractivity contribution in [3.8, 4) is 0 Å². The number of aryl methyl sites for hydroxylation is 1. The topological polar surface area (TPSA) is 19.0 Å². The maximum Gasteiger partial charge on any atom is 0.0456 e. The Morgan fingerprint density at radius 2 is 2.28 bits per heavy atom. The van der Waals surface area contributed by atoms with Crippen molar-refractivity contribution >= 4 is 10.9 Å². The van der Waals surface area contributed by atoms with Gasteiger partial charge in [0.25, 0.3) is 0 Å². The molecule has 1 N–H and O–H groups in total. The van der Waals surface area contributed by atoms with Crippen LogP contribution in [0.4, 0.5) is 0 Å². The third-order valence-corrected chi connectivity index (χ3v) is 4.37. The maximum atomic E-state index is 3.41. The van der Waals surface area contributed by atoms with Crippen LogP contribution in [0.5, 0.6) is 0 Å². The Morgan fingerprint density at radius 3 is 3.00 bits per heavy atom. The molecule has 0 saturated carbocycles. The second-order valence-corrected chi connectivity index (χ2v) is 5.53. The second-order valence-electron chi connectivity index (χ2n) is 5.53. The number of H-pyrrole nitrogens is 1. The van der Waals surface area contributed by atoms with Gasteiger partial charge in [0.1, 0.15) is 0 Å². The number of nitrogens with zero attached hydrogens (tertiary/aromatic N) is 1. The Labute approximate surface area is 109 Å². The summed E-state index contributed by atoms with van der Waals surface area (Å²) in [5.74, 6) is 0. The van der Waals surface area contributed by atoms with Crippen molar-refractivity contribution in [1.29, 1.82) is 0 Å². The SMILES string of the molecule is CCc1ccc2[nH]cc(CC3CCCN3C)c2c1. The van der Waals surface area contributed by atoms with Crippen LogP contribution in [0.15, 0.2) is 24.4 Å². The number of benzene rings is 1. The molecule has 1 fully saturated rings. The van der Waals surface area contributed by atoms with Crippen molar-refractivity contribution in [1.82, 2.24) is 9.88 Å².